The smallest absolute Gasteiger partial charge is 0.213 e. The van der Waals surface area contributed by atoms with Crippen LogP contribution in [0.3, 0.4) is 0 Å². The highest BCUT2D eigenvalue weighted by atomic mass is 16.5. The summed E-state index contributed by atoms with van der Waals surface area (Å²) in [5.41, 5.74) is 1.52. The van der Waals surface area contributed by atoms with Gasteiger partial charge in [-0.3, -0.25) is 0 Å². The molecule has 4 heteroatoms. The van der Waals surface area contributed by atoms with Gasteiger partial charge in [0.05, 0.1) is 18.5 Å². The number of anilines is 1. The Hall–Kier alpha value is -1.29. The summed E-state index contributed by atoms with van der Waals surface area (Å²) in [6.45, 7) is 5.66. The molecule has 0 amide bonds. The van der Waals surface area contributed by atoms with Crippen molar-refractivity contribution < 1.29 is 9.47 Å². The first-order chi connectivity index (χ1) is 8.64. The van der Waals surface area contributed by atoms with E-state index < -0.39 is 0 Å². The molecule has 1 aromatic heterocycles. The fourth-order valence-corrected chi connectivity index (χ4v) is 1.84. The summed E-state index contributed by atoms with van der Waals surface area (Å²) >= 11 is 0. The highest BCUT2D eigenvalue weighted by Crippen LogP contribution is 2.48. The van der Waals surface area contributed by atoms with Gasteiger partial charge in [-0.2, -0.15) is 0 Å². The summed E-state index contributed by atoms with van der Waals surface area (Å²) in [6, 6.07) is 4.39. The lowest BCUT2D eigenvalue weighted by Gasteiger charge is -2.21. The average Bonchev–Trinajstić information content (AvgIpc) is 3.11. The maximum Gasteiger partial charge on any atom is 0.213 e. The van der Waals surface area contributed by atoms with Gasteiger partial charge in [0, 0.05) is 19.2 Å². The second-order valence-corrected chi connectivity index (χ2v) is 5.25. The quantitative estimate of drug-likeness (QED) is 0.756. The van der Waals surface area contributed by atoms with Crippen molar-refractivity contribution in [2.24, 2.45) is 5.41 Å². The fraction of sp³-hybridized carbons (Fsp3) is 0.643. The number of pyridine rings is 1. The lowest BCUT2D eigenvalue weighted by molar-refractivity contribution is 0.144. The highest BCUT2D eigenvalue weighted by Gasteiger charge is 2.42. The summed E-state index contributed by atoms with van der Waals surface area (Å²) < 4.78 is 10.3. The molecule has 0 bridgehead atoms. The minimum Gasteiger partial charge on any atom is -0.475 e. The summed E-state index contributed by atoms with van der Waals surface area (Å²) in [4.78, 5) is 4.27. The molecule has 1 unspecified atom stereocenters. The molecule has 18 heavy (non-hydrogen) atoms. The van der Waals surface area contributed by atoms with Gasteiger partial charge in [0.1, 0.15) is 6.61 Å². The molecule has 1 saturated carbocycles. The molecule has 1 aromatic rings. The number of aromatic nitrogens is 1. The zero-order valence-electron chi connectivity index (χ0n) is 11.4. The summed E-state index contributed by atoms with van der Waals surface area (Å²) in [7, 11) is 1.66. The summed E-state index contributed by atoms with van der Waals surface area (Å²) in [5, 5.41) is 3.50. The van der Waals surface area contributed by atoms with E-state index in [9.17, 15) is 0 Å². The van der Waals surface area contributed by atoms with Crippen molar-refractivity contribution in [1.29, 1.82) is 0 Å². The highest BCUT2D eigenvalue weighted by molar-refractivity contribution is 5.43. The average molecular weight is 250 g/mol. The Bertz CT molecular complexity index is 374. The van der Waals surface area contributed by atoms with Crippen LogP contribution in [0.15, 0.2) is 18.3 Å². The molecule has 0 saturated heterocycles. The number of nitrogens with zero attached hydrogens (tertiary/aromatic N) is 1. The van der Waals surface area contributed by atoms with Crippen LogP contribution in [0.2, 0.25) is 0 Å². The molecule has 1 aliphatic carbocycles. The minimum atomic E-state index is 0.466. The van der Waals surface area contributed by atoms with Crippen LogP contribution in [-0.4, -0.2) is 31.3 Å². The molecule has 1 N–H and O–H groups in total. The molecule has 1 atom stereocenters. The zero-order chi connectivity index (χ0) is 13.0. The van der Waals surface area contributed by atoms with Crippen molar-refractivity contribution in [2.75, 3.05) is 25.6 Å². The topological polar surface area (TPSA) is 43.4 Å². The van der Waals surface area contributed by atoms with E-state index in [0.717, 1.165) is 5.69 Å². The number of rotatable bonds is 7. The van der Waals surface area contributed by atoms with Crippen LogP contribution in [0.5, 0.6) is 5.88 Å². The van der Waals surface area contributed by atoms with Crippen molar-refractivity contribution in [3.8, 4) is 5.88 Å². The largest absolute Gasteiger partial charge is 0.475 e. The van der Waals surface area contributed by atoms with E-state index in [0.29, 0.717) is 30.6 Å². The zero-order valence-corrected chi connectivity index (χ0v) is 11.4. The van der Waals surface area contributed by atoms with E-state index >= 15 is 0 Å². The maximum absolute atomic E-state index is 5.42. The van der Waals surface area contributed by atoms with Crippen LogP contribution in [0.4, 0.5) is 5.69 Å². The third kappa shape index (κ3) is 3.35. The molecule has 1 aliphatic rings. The number of ether oxygens (including phenoxy) is 2. The van der Waals surface area contributed by atoms with Gasteiger partial charge >= 0.3 is 0 Å². The molecule has 0 spiro atoms. The first kappa shape index (κ1) is 13.1. The third-order valence-electron chi connectivity index (χ3n) is 3.74. The lowest BCUT2D eigenvalue weighted by atomic mass is 10.0. The van der Waals surface area contributed by atoms with Gasteiger partial charge in [0.2, 0.25) is 5.88 Å². The van der Waals surface area contributed by atoms with E-state index in [4.69, 9.17) is 9.47 Å². The number of hydrogen-bond acceptors (Lipinski definition) is 4. The Labute approximate surface area is 109 Å². The lowest BCUT2D eigenvalue weighted by Crippen LogP contribution is -2.24. The number of nitrogens with one attached hydrogen (secondary N) is 1. The Morgan fingerprint density at radius 2 is 2.17 bits per heavy atom. The number of hydrogen-bond donors (Lipinski definition) is 1. The van der Waals surface area contributed by atoms with Crippen LogP contribution < -0.4 is 10.1 Å². The third-order valence-corrected chi connectivity index (χ3v) is 3.74. The van der Waals surface area contributed by atoms with Crippen LogP contribution in [0, 0.1) is 5.41 Å². The molecule has 0 aromatic carbocycles. The van der Waals surface area contributed by atoms with Gasteiger partial charge in [-0.25, -0.2) is 4.98 Å². The first-order valence-electron chi connectivity index (χ1n) is 6.48. The van der Waals surface area contributed by atoms with Gasteiger partial charge in [0.15, 0.2) is 0 Å². The van der Waals surface area contributed by atoms with Crippen LogP contribution in [0.25, 0.3) is 0 Å². The first-order valence-corrected chi connectivity index (χ1v) is 6.48. The maximum atomic E-state index is 5.42. The monoisotopic (exact) mass is 250 g/mol. The standard InChI is InChI=1S/C14H22N2O2/c1-11(14(2)6-7-14)16-12-4-5-13(15-10-12)18-9-8-17-3/h4-5,10-11,16H,6-9H2,1-3H3. The molecule has 4 nitrogen and oxygen atoms in total. The Morgan fingerprint density at radius 3 is 2.72 bits per heavy atom. The normalized spacial score (nSPS) is 18.2. The second kappa shape index (κ2) is 5.57. The van der Waals surface area contributed by atoms with E-state index in [1.54, 1.807) is 7.11 Å². The number of methoxy groups -OCH3 is 1. The van der Waals surface area contributed by atoms with Gasteiger partial charge in [-0.1, -0.05) is 6.92 Å². The van der Waals surface area contributed by atoms with Crippen molar-refractivity contribution in [1.82, 2.24) is 4.98 Å². The minimum absolute atomic E-state index is 0.466. The molecular formula is C14H22N2O2. The van der Waals surface area contributed by atoms with Gasteiger partial charge in [-0.15, -0.1) is 0 Å². The fourth-order valence-electron chi connectivity index (χ4n) is 1.84. The molecule has 1 heterocycles. The Balaban J connectivity index is 1.83. The van der Waals surface area contributed by atoms with E-state index in [-0.39, 0.29) is 0 Å². The van der Waals surface area contributed by atoms with Crippen LogP contribution in [-0.2, 0) is 4.74 Å². The van der Waals surface area contributed by atoms with E-state index in [2.05, 4.69) is 24.1 Å². The van der Waals surface area contributed by atoms with Crippen molar-refractivity contribution in [3.63, 3.8) is 0 Å². The molecule has 1 fully saturated rings. The second-order valence-electron chi connectivity index (χ2n) is 5.25. The van der Waals surface area contributed by atoms with Gasteiger partial charge in [-0.05, 0) is 31.2 Å². The molecule has 0 radical (unpaired) electrons. The summed E-state index contributed by atoms with van der Waals surface area (Å²) in [6.07, 6.45) is 4.45. The SMILES string of the molecule is COCCOc1ccc(NC(C)C2(C)CC2)cn1. The summed E-state index contributed by atoms with van der Waals surface area (Å²) in [5.74, 6) is 0.642. The Morgan fingerprint density at radius 1 is 1.39 bits per heavy atom. The van der Waals surface area contributed by atoms with Crippen molar-refractivity contribution in [3.05, 3.63) is 18.3 Å². The molecular weight excluding hydrogens is 228 g/mol. The van der Waals surface area contributed by atoms with Crippen molar-refractivity contribution in [2.45, 2.75) is 32.7 Å². The van der Waals surface area contributed by atoms with Crippen LogP contribution in [0.1, 0.15) is 26.7 Å². The molecule has 100 valence electrons. The Kier molecular flexibility index (Phi) is 4.07. The van der Waals surface area contributed by atoms with Gasteiger partial charge in [0.25, 0.3) is 0 Å². The predicted octanol–water partition coefficient (Wildman–Crippen LogP) is 2.71. The molecule has 2 rings (SSSR count). The van der Waals surface area contributed by atoms with Crippen molar-refractivity contribution >= 4 is 5.69 Å². The van der Waals surface area contributed by atoms with E-state index in [1.807, 2.05) is 18.3 Å². The van der Waals surface area contributed by atoms with E-state index in [1.165, 1.54) is 12.8 Å². The predicted molar refractivity (Wildman–Crippen MR) is 72.0 cm³/mol. The van der Waals surface area contributed by atoms with Gasteiger partial charge < -0.3 is 14.8 Å². The molecule has 0 aliphatic heterocycles. The van der Waals surface area contributed by atoms with Crippen LogP contribution >= 0.6 is 0 Å².